The van der Waals surface area contributed by atoms with E-state index < -0.39 is 35.4 Å². The lowest BCUT2D eigenvalue weighted by Crippen LogP contribution is -2.19. The van der Waals surface area contributed by atoms with Crippen LogP contribution in [0.2, 0.25) is 0 Å². The molecule has 5 nitrogen and oxygen atoms in total. The molecule has 0 atom stereocenters. The van der Waals surface area contributed by atoms with Crippen LogP contribution in [0.1, 0.15) is 16.1 Å². The second-order valence-corrected chi connectivity index (χ2v) is 3.24. The molecule has 0 aromatic carbocycles. The van der Waals surface area contributed by atoms with Crippen molar-refractivity contribution in [1.29, 1.82) is 0 Å². The molecular formula is C9H7ClF3NO4. The highest BCUT2D eigenvalue weighted by Crippen LogP contribution is 2.29. The molecule has 0 aliphatic rings. The number of rotatable bonds is 3. The zero-order valence-corrected chi connectivity index (χ0v) is 9.67. The van der Waals surface area contributed by atoms with Crippen LogP contribution in [0.3, 0.4) is 0 Å². The zero-order valence-electron chi connectivity index (χ0n) is 8.92. The van der Waals surface area contributed by atoms with E-state index in [1.54, 1.807) is 0 Å². The third kappa shape index (κ3) is 3.39. The van der Waals surface area contributed by atoms with Gasteiger partial charge >= 0.3 is 12.3 Å². The lowest BCUT2D eigenvalue weighted by atomic mass is 10.2. The third-order valence-electron chi connectivity index (χ3n) is 1.79. The van der Waals surface area contributed by atoms with Crippen LogP contribution in [0.25, 0.3) is 0 Å². The summed E-state index contributed by atoms with van der Waals surface area (Å²) in [6.45, 7) is 0. The number of aromatic nitrogens is 1. The van der Waals surface area contributed by atoms with E-state index in [4.69, 9.17) is 11.6 Å². The average Bonchev–Trinajstić information content (AvgIpc) is 2.28. The molecule has 100 valence electrons. The molecule has 0 amide bonds. The maximum absolute atomic E-state index is 12.0. The smallest absolute Gasteiger partial charge is 0.505 e. The maximum atomic E-state index is 12.0. The highest BCUT2D eigenvalue weighted by molar-refractivity contribution is 6.17. The Morgan fingerprint density at radius 2 is 2.17 bits per heavy atom. The van der Waals surface area contributed by atoms with Crippen molar-refractivity contribution in [2.45, 2.75) is 12.2 Å². The first kappa shape index (κ1) is 14.4. The van der Waals surface area contributed by atoms with Crippen LogP contribution in [-0.4, -0.2) is 29.5 Å². The van der Waals surface area contributed by atoms with Gasteiger partial charge in [-0.15, -0.1) is 24.8 Å². The zero-order chi connectivity index (χ0) is 13.9. The number of pyridine rings is 1. The van der Waals surface area contributed by atoms with Crippen molar-refractivity contribution in [3.8, 4) is 11.6 Å². The van der Waals surface area contributed by atoms with Crippen molar-refractivity contribution in [3.05, 3.63) is 17.3 Å². The number of hydrogen-bond acceptors (Lipinski definition) is 5. The number of alkyl halides is 4. The minimum atomic E-state index is -4.97. The molecule has 0 aliphatic heterocycles. The molecule has 0 spiro atoms. The lowest BCUT2D eigenvalue weighted by molar-refractivity contribution is -0.276. The van der Waals surface area contributed by atoms with Crippen molar-refractivity contribution in [2.24, 2.45) is 0 Å². The summed E-state index contributed by atoms with van der Waals surface area (Å²) in [5.74, 6) is -2.98. The first-order chi connectivity index (χ1) is 8.28. The van der Waals surface area contributed by atoms with Crippen LogP contribution in [0.5, 0.6) is 11.6 Å². The first-order valence-electron chi connectivity index (χ1n) is 4.41. The second kappa shape index (κ2) is 5.30. The van der Waals surface area contributed by atoms with E-state index in [0.29, 0.717) is 6.07 Å². The summed E-state index contributed by atoms with van der Waals surface area (Å²) >= 11 is 5.38. The van der Waals surface area contributed by atoms with E-state index in [-0.39, 0.29) is 5.69 Å². The number of nitrogens with zero attached hydrogens (tertiary/aromatic N) is 1. The standard InChI is InChI=1S/C9H7ClF3NO4/c1-17-8(16)4-2-6(18-9(11,12)13)14-5(3-10)7(4)15/h2,15H,3H2,1H3. The van der Waals surface area contributed by atoms with Crippen molar-refractivity contribution in [1.82, 2.24) is 4.98 Å². The largest absolute Gasteiger partial charge is 0.574 e. The van der Waals surface area contributed by atoms with E-state index in [1.165, 1.54) is 0 Å². The average molecular weight is 286 g/mol. The normalized spacial score (nSPS) is 11.2. The lowest BCUT2D eigenvalue weighted by Gasteiger charge is -2.11. The molecule has 0 saturated heterocycles. The monoisotopic (exact) mass is 285 g/mol. The Balaban J connectivity index is 3.26. The molecule has 18 heavy (non-hydrogen) atoms. The van der Waals surface area contributed by atoms with Crippen LogP contribution in [0.4, 0.5) is 13.2 Å². The Morgan fingerprint density at radius 3 is 2.61 bits per heavy atom. The van der Waals surface area contributed by atoms with E-state index in [1.807, 2.05) is 0 Å². The predicted octanol–water partition coefficient (Wildman–Crippen LogP) is 2.21. The van der Waals surface area contributed by atoms with Gasteiger partial charge in [0.1, 0.15) is 11.3 Å². The fraction of sp³-hybridized carbons (Fsp3) is 0.333. The number of hydrogen-bond donors (Lipinski definition) is 1. The minimum Gasteiger partial charge on any atom is -0.505 e. The van der Waals surface area contributed by atoms with Crippen molar-refractivity contribution < 1.29 is 32.5 Å². The van der Waals surface area contributed by atoms with Gasteiger partial charge in [-0.2, -0.15) is 0 Å². The summed E-state index contributed by atoms with van der Waals surface area (Å²) in [6, 6.07) is 0.616. The molecule has 0 unspecified atom stereocenters. The second-order valence-electron chi connectivity index (χ2n) is 2.98. The fourth-order valence-electron chi connectivity index (χ4n) is 1.10. The number of esters is 1. The Morgan fingerprint density at radius 1 is 1.56 bits per heavy atom. The summed E-state index contributed by atoms with van der Waals surface area (Å²) in [5.41, 5.74) is -0.832. The topological polar surface area (TPSA) is 68.7 Å². The van der Waals surface area contributed by atoms with Gasteiger partial charge in [0, 0.05) is 6.07 Å². The fourth-order valence-corrected chi connectivity index (χ4v) is 1.28. The summed E-state index contributed by atoms with van der Waals surface area (Å²) < 4.78 is 43.9. The van der Waals surface area contributed by atoms with E-state index in [2.05, 4.69) is 14.5 Å². The van der Waals surface area contributed by atoms with Crippen LogP contribution < -0.4 is 4.74 Å². The predicted molar refractivity (Wildman–Crippen MR) is 53.5 cm³/mol. The van der Waals surface area contributed by atoms with Gasteiger partial charge in [0.05, 0.1) is 13.0 Å². The summed E-state index contributed by atoms with van der Waals surface area (Å²) in [4.78, 5) is 14.6. The highest BCUT2D eigenvalue weighted by Gasteiger charge is 2.33. The maximum Gasteiger partial charge on any atom is 0.574 e. The van der Waals surface area contributed by atoms with Crippen LogP contribution >= 0.6 is 11.6 Å². The molecule has 1 N–H and O–H groups in total. The van der Waals surface area contributed by atoms with Gasteiger partial charge in [-0.3, -0.25) is 0 Å². The van der Waals surface area contributed by atoms with Gasteiger partial charge in [-0.25, -0.2) is 9.78 Å². The number of methoxy groups -OCH3 is 1. The quantitative estimate of drug-likeness (QED) is 0.681. The third-order valence-corrected chi connectivity index (χ3v) is 2.05. The number of carbonyl (C=O) groups excluding carboxylic acids is 1. The molecule has 0 bridgehead atoms. The SMILES string of the molecule is COC(=O)c1cc(OC(F)(F)F)nc(CCl)c1O. The molecular weight excluding hydrogens is 279 g/mol. The van der Waals surface area contributed by atoms with Gasteiger partial charge in [-0.05, 0) is 0 Å². The van der Waals surface area contributed by atoms with Crippen LogP contribution in [-0.2, 0) is 10.6 Å². The van der Waals surface area contributed by atoms with Gasteiger partial charge in [0.15, 0.2) is 5.75 Å². The Bertz CT molecular complexity index is 464. The molecule has 0 saturated carbocycles. The number of halogens is 4. The van der Waals surface area contributed by atoms with Gasteiger partial charge in [-0.1, -0.05) is 0 Å². The molecule has 1 rings (SSSR count). The number of aromatic hydroxyl groups is 1. The van der Waals surface area contributed by atoms with Crippen molar-refractivity contribution in [2.75, 3.05) is 7.11 Å². The number of ether oxygens (including phenoxy) is 2. The summed E-state index contributed by atoms with van der Waals surface area (Å²) in [5, 5.41) is 9.53. The summed E-state index contributed by atoms with van der Waals surface area (Å²) in [7, 11) is 1.01. The molecule has 0 fully saturated rings. The molecule has 1 aromatic heterocycles. The van der Waals surface area contributed by atoms with E-state index in [0.717, 1.165) is 7.11 Å². The van der Waals surface area contributed by atoms with Crippen molar-refractivity contribution in [3.63, 3.8) is 0 Å². The van der Waals surface area contributed by atoms with Crippen LogP contribution in [0.15, 0.2) is 6.07 Å². The Kier molecular flexibility index (Phi) is 4.23. The Hall–Kier alpha value is -1.70. The Labute approximate surface area is 104 Å². The molecule has 9 heteroatoms. The highest BCUT2D eigenvalue weighted by atomic mass is 35.5. The number of carbonyl (C=O) groups is 1. The van der Waals surface area contributed by atoms with E-state index in [9.17, 15) is 23.1 Å². The summed E-state index contributed by atoms with van der Waals surface area (Å²) in [6.07, 6.45) is -4.97. The van der Waals surface area contributed by atoms with Crippen molar-refractivity contribution >= 4 is 17.6 Å². The molecule has 1 heterocycles. The molecule has 1 aromatic rings. The minimum absolute atomic E-state index is 0.321. The van der Waals surface area contributed by atoms with Crippen LogP contribution in [0, 0.1) is 0 Å². The van der Waals surface area contributed by atoms with Gasteiger partial charge in [0.25, 0.3) is 0 Å². The van der Waals surface area contributed by atoms with E-state index >= 15 is 0 Å². The van der Waals surface area contributed by atoms with Gasteiger partial charge < -0.3 is 14.6 Å². The van der Waals surface area contributed by atoms with Gasteiger partial charge in [0.2, 0.25) is 5.88 Å². The molecule has 0 radical (unpaired) electrons. The molecule has 0 aliphatic carbocycles. The first-order valence-corrected chi connectivity index (χ1v) is 4.95.